The zero-order valence-electron chi connectivity index (χ0n) is 9.74. The van der Waals surface area contributed by atoms with E-state index in [9.17, 15) is 4.79 Å². The van der Waals surface area contributed by atoms with Crippen molar-refractivity contribution in [2.24, 2.45) is 0 Å². The van der Waals surface area contributed by atoms with Crippen molar-refractivity contribution < 1.29 is 14.3 Å². The van der Waals surface area contributed by atoms with Crippen LogP contribution in [0.5, 0.6) is 11.5 Å². The van der Waals surface area contributed by atoms with Gasteiger partial charge in [-0.2, -0.15) is 0 Å². The maximum absolute atomic E-state index is 10.8. The minimum absolute atomic E-state index is 0.318. The monoisotopic (exact) mass is 298 g/mol. The molecule has 0 amide bonds. The van der Waals surface area contributed by atoms with Gasteiger partial charge < -0.3 is 9.47 Å². The smallest absolute Gasteiger partial charge is 0.153 e. The topological polar surface area (TPSA) is 35.5 Å². The van der Waals surface area contributed by atoms with Crippen LogP contribution in [0, 0.1) is 0 Å². The Morgan fingerprint density at radius 1 is 1.47 bits per heavy atom. The van der Waals surface area contributed by atoms with Gasteiger partial charge in [-0.05, 0) is 18.6 Å². The molecule has 0 N–H and O–H groups in total. The maximum atomic E-state index is 10.8. The number of carbonyl (C=O) groups is 1. The summed E-state index contributed by atoms with van der Waals surface area (Å²) in [6.45, 7) is 6.66. The van der Waals surface area contributed by atoms with E-state index in [4.69, 9.17) is 9.47 Å². The summed E-state index contributed by atoms with van der Waals surface area (Å²) in [5.41, 5.74) is 0.502. The van der Waals surface area contributed by atoms with Gasteiger partial charge in [-0.3, -0.25) is 4.79 Å². The third kappa shape index (κ3) is 4.61. The van der Waals surface area contributed by atoms with Crippen LogP contribution >= 0.6 is 15.9 Å². The number of hydrogen-bond acceptors (Lipinski definition) is 3. The molecular formula is C13H15BrO3. The first-order valence-corrected chi connectivity index (χ1v) is 6.14. The van der Waals surface area contributed by atoms with E-state index in [0.29, 0.717) is 34.8 Å². The largest absolute Gasteiger partial charge is 0.493 e. The molecule has 0 heterocycles. The lowest BCUT2D eigenvalue weighted by Crippen LogP contribution is -2.01. The van der Waals surface area contributed by atoms with Gasteiger partial charge in [0, 0.05) is 10.5 Å². The fraction of sp³-hybridized carbons (Fsp3) is 0.308. The Labute approximate surface area is 110 Å². The zero-order chi connectivity index (χ0) is 12.7. The molecule has 0 aromatic heterocycles. The van der Waals surface area contributed by atoms with Crippen LogP contribution in [0.25, 0.3) is 0 Å². The molecule has 1 aromatic rings. The van der Waals surface area contributed by atoms with E-state index in [1.54, 1.807) is 18.2 Å². The van der Waals surface area contributed by atoms with Crippen LogP contribution in [0.4, 0.5) is 0 Å². The molecule has 0 saturated heterocycles. The number of hydrogen-bond donors (Lipinski definition) is 0. The van der Waals surface area contributed by atoms with Gasteiger partial charge in [0.15, 0.2) is 6.29 Å². The lowest BCUT2D eigenvalue weighted by molar-refractivity contribution is 0.112. The van der Waals surface area contributed by atoms with Gasteiger partial charge in [0.2, 0.25) is 0 Å². The van der Waals surface area contributed by atoms with Gasteiger partial charge in [-0.15, -0.1) is 0 Å². The van der Waals surface area contributed by atoms with Crippen molar-refractivity contribution >= 4 is 22.2 Å². The van der Waals surface area contributed by atoms with E-state index in [0.717, 1.165) is 12.7 Å². The van der Waals surface area contributed by atoms with Gasteiger partial charge in [0.1, 0.15) is 18.1 Å². The average molecular weight is 299 g/mol. The summed E-state index contributed by atoms with van der Waals surface area (Å²) >= 11 is 3.20. The zero-order valence-corrected chi connectivity index (χ0v) is 11.3. The highest BCUT2D eigenvalue weighted by molar-refractivity contribution is 9.11. The molecule has 1 aromatic carbocycles. The molecule has 0 saturated carbocycles. The Balaban J connectivity index is 2.81. The molecule has 0 radical (unpaired) electrons. The molecule has 0 aliphatic carbocycles. The number of aldehydes is 1. The lowest BCUT2D eigenvalue weighted by Gasteiger charge is -2.10. The fourth-order valence-electron chi connectivity index (χ4n) is 1.20. The molecule has 0 atom stereocenters. The first-order valence-electron chi connectivity index (χ1n) is 5.35. The minimum atomic E-state index is 0.318. The van der Waals surface area contributed by atoms with E-state index in [1.807, 2.05) is 6.92 Å². The summed E-state index contributed by atoms with van der Waals surface area (Å²) in [5, 5.41) is 0. The molecule has 1 rings (SSSR count). The Morgan fingerprint density at radius 2 is 2.24 bits per heavy atom. The van der Waals surface area contributed by atoms with Gasteiger partial charge >= 0.3 is 0 Å². The van der Waals surface area contributed by atoms with Crippen LogP contribution < -0.4 is 9.47 Å². The normalized spacial score (nSPS) is 9.76. The first kappa shape index (κ1) is 13.8. The van der Waals surface area contributed by atoms with Crippen molar-refractivity contribution in [2.75, 3.05) is 13.2 Å². The van der Waals surface area contributed by atoms with E-state index in [-0.39, 0.29) is 0 Å². The van der Waals surface area contributed by atoms with E-state index < -0.39 is 0 Å². The minimum Gasteiger partial charge on any atom is -0.493 e. The van der Waals surface area contributed by atoms with Gasteiger partial charge in [0.25, 0.3) is 0 Å². The molecule has 3 nitrogen and oxygen atoms in total. The molecule has 0 bridgehead atoms. The fourth-order valence-corrected chi connectivity index (χ4v) is 1.32. The average Bonchev–Trinajstić information content (AvgIpc) is 2.33. The SMILES string of the molecule is C=C(Br)COc1cc(OCCC)ccc1C=O. The molecule has 0 unspecified atom stereocenters. The van der Waals surface area contributed by atoms with Crippen molar-refractivity contribution in [2.45, 2.75) is 13.3 Å². The predicted octanol–water partition coefficient (Wildman–Crippen LogP) is 3.58. The molecule has 92 valence electrons. The summed E-state index contributed by atoms with van der Waals surface area (Å²) in [6, 6.07) is 5.16. The van der Waals surface area contributed by atoms with E-state index in [2.05, 4.69) is 22.5 Å². The summed E-state index contributed by atoms with van der Waals surface area (Å²) < 4.78 is 11.6. The number of carbonyl (C=O) groups excluding carboxylic acids is 1. The summed E-state index contributed by atoms with van der Waals surface area (Å²) in [6.07, 6.45) is 1.69. The Morgan fingerprint density at radius 3 is 2.82 bits per heavy atom. The maximum Gasteiger partial charge on any atom is 0.153 e. The molecule has 0 aliphatic rings. The van der Waals surface area contributed by atoms with Crippen LogP contribution in [0.3, 0.4) is 0 Å². The van der Waals surface area contributed by atoms with Crippen molar-refractivity contribution in [3.63, 3.8) is 0 Å². The van der Waals surface area contributed by atoms with E-state index in [1.165, 1.54) is 0 Å². The molecule has 0 fully saturated rings. The lowest BCUT2D eigenvalue weighted by atomic mass is 10.2. The highest BCUT2D eigenvalue weighted by atomic mass is 79.9. The van der Waals surface area contributed by atoms with Crippen LogP contribution in [-0.2, 0) is 0 Å². The molecule has 17 heavy (non-hydrogen) atoms. The number of benzene rings is 1. The first-order chi connectivity index (χ1) is 8.17. The van der Waals surface area contributed by atoms with E-state index >= 15 is 0 Å². The Hall–Kier alpha value is -1.29. The van der Waals surface area contributed by atoms with Crippen molar-refractivity contribution in [1.82, 2.24) is 0 Å². The van der Waals surface area contributed by atoms with Crippen LogP contribution in [0.15, 0.2) is 29.3 Å². The standard InChI is InChI=1S/C13H15BrO3/c1-3-6-16-12-5-4-11(8-15)13(7-12)17-9-10(2)14/h4-5,7-8H,2-3,6,9H2,1H3. The summed E-state index contributed by atoms with van der Waals surface area (Å²) in [5.74, 6) is 1.21. The summed E-state index contributed by atoms with van der Waals surface area (Å²) in [4.78, 5) is 10.8. The highest BCUT2D eigenvalue weighted by Gasteiger charge is 2.05. The second-order valence-electron chi connectivity index (χ2n) is 3.47. The van der Waals surface area contributed by atoms with Crippen LogP contribution in [0.1, 0.15) is 23.7 Å². The van der Waals surface area contributed by atoms with Crippen LogP contribution in [-0.4, -0.2) is 19.5 Å². The quantitative estimate of drug-likeness (QED) is 0.722. The Bertz CT molecular complexity index is 402. The van der Waals surface area contributed by atoms with Gasteiger partial charge in [0.05, 0.1) is 12.2 Å². The Kier molecular flexibility index (Phi) is 5.77. The number of halogens is 1. The highest BCUT2D eigenvalue weighted by Crippen LogP contribution is 2.24. The number of rotatable bonds is 7. The van der Waals surface area contributed by atoms with Crippen molar-refractivity contribution in [1.29, 1.82) is 0 Å². The second kappa shape index (κ2) is 7.12. The number of ether oxygens (including phenoxy) is 2. The molecule has 4 heteroatoms. The predicted molar refractivity (Wildman–Crippen MR) is 71.2 cm³/mol. The van der Waals surface area contributed by atoms with Crippen molar-refractivity contribution in [3.05, 3.63) is 34.8 Å². The third-order valence-electron chi connectivity index (χ3n) is 1.97. The van der Waals surface area contributed by atoms with Crippen molar-refractivity contribution in [3.8, 4) is 11.5 Å². The second-order valence-corrected chi connectivity index (χ2v) is 4.59. The van der Waals surface area contributed by atoms with Crippen LogP contribution in [0.2, 0.25) is 0 Å². The molecule has 0 spiro atoms. The van der Waals surface area contributed by atoms with Gasteiger partial charge in [-0.25, -0.2) is 0 Å². The third-order valence-corrected chi connectivity index (χ3v) is 2.20. The summed E-state index contributed by atoms with van der Waals surface area (Å²) in [7, 11) is 0. The molecular weight excluding hydrogens is 284 g/mol. The van der Waals surface area contributed by atoms with Gasteiger partial charge in [-0.1, -0.05) is 29.4 Å². The molecule has 0 aliphatic heterocycles.